The lowest BCUT2D eigenvalue weighted by atomic mass is 9.85. The lowest BCUT2D eigenvalue weighted by Gasteiger charge is -2.41. The van der Waals surface area contributed by atoms with Crippen LogP contribution in [0, 0.1) is 0 Å². The zero-order valence-electron chi connectivity index (χ0n) is 33.5. The molecular formula is C41H73O13P. The summed E-state index contributed by atoms with van der Waals surface area (Å²) in [7, 11) is -5.12. The summed E-state index contributed by atoms with van der Waals surface area (Å²) in [4.78, 5) is 35.5. The van der Waals surface area contributed by atoms with E-state index in [2.05, 4.69) is 50.3 Å². The van der Waals surface area contributed by atoms with Crippen LogP contribution in [0.5, 0.6) is 0 Å². The summed E-state index contributed by atoms with van der Waals surface area (Å²) in [5.41, 5.74) is 0. The van der Waals surface area contributed by atoms with Gasteiger partial charge in [0, 0.05) is 12.8 Å². The van der Waals surface area contributed by atoms with Gasteiger partial charge in [0.15, 0.2) is 6.10 Å². The summed E-state index contributed by atoms with van der Waals surface area (Å²) < 4.78 is 33.3. The molecule has 0 saturated heterocycles. The topological polar surface area (TPSA) is 210 Å². The van der Waals surface area contributed by atoms with Crippen LogP contribution in [0.25, 0.3) is 0 Å². The van der Waals surface area contributed by atoms with Crippen molar-refractivity contribution in [1.29, 1.82) is 0 Å². The van der Waals surface area contributed by atoms with Crippen LogP contribution in [-0.4, -0.2) is 98.3 Å². The molecule has 0 aromatic carbocycles. The minimum absolute atomic E-state index is 0.0790. The van der Waals surface area contributed by atoms with Crippen molar-refractivity contribution in [3.63, 3.8) is 0 Å². The largest absolute Gasteiger partial charge is 0.472 e. The first kappa shape index (κ1) is 51.1. The molecule has 55 heavy (non-hydrogen) atoms. The maximum atomic E-state index is 12.8. The number of unbranched alkanes of at least 4 members (excludes halogenated alkanes) is 15. The Balaban J connectivity index is 2.54. The average Bonchev–Trinajstić information content (AvgIpc) is 3.16. The molecule has 0 bridgehead atoms. The van der Waals surface area contributed by atoms with E-state index in [9.17, 15) is 44.6 Å². The molecule has 1 fully saturated rings. The molecule has 0 heterocycles. The fourth-order valence-electron chi connectivity index (χ4n) is 6.00. The highest BCUT2D eigenvalue weighted by Gasteiger charge is 2.51. The second-order valence-corrected chi connectivity index (χ2v) is 15.9. The van der Waals surface area contributed by atoms with Gasteiger partial charge < -0.3 is 39.9 Å². The van der Waals surface area contributed by atoms with Crippen molar-refractivity contribution in [3.8, 4) is 0 Å². The summed E-state index contributed by atoms with van der Waals surface area (Å²) in [5.74, 6) is -1.15. The van der Waals surface area contributed by atoms with E-state index in [0.717, 1.165) is 64.2 Å². The Bertz CT molecular complexity index is 1110. The van der Waals surface area contributed by atoms with E-state index in [4.69, 9.17) is 18.5 Å². The molecule has 0 spiro atoms. The van der Waals surface area contributed by atoms with Gasteiger partial charge in [0.2, 0.25) is 0 Å². The monoisotopic (exact) mass is 804 g/mol. The lowest BCUT2D eigenvalue weighted by molar-refractivity contribution is -0.220. The molecule has 0 aliphatic heterocycles. The molecule has 0 radical (unpaired) electrons. The molecule has 0 amide bonds. The Morgan fingerprint density at radius 2 is 1.00 bits per heavy atom. The van der Waals surface area contributed by atoms with E-state index >= 15 is 0 Å². The molecule has 6 unspecified atom stereocenters. The van der Waals surface area contributed by atoms with E-state index in [-0.39, 0.29) is 12.8 Å². The SMILES string of the molecule is CCCC/C=C/CCCCCCCC(=O)O[C@H](COC(=O)CCCC/C=C/C/C=C/CCCCCCCC)COP(=O)(O)OC1C(O)C(O)C(O)[C@@H](O)C1O. The predicted octanol–water partition coefficient (Wildman–Crippen LogP) is 7.05. The highest BCUT2D eigenvalue weighted by molar-refractivity contribution is 7.47. The van der Waals surface area contributed by atoms with Crippen molar-refractivity contribution in [3.05, 3.63) is 36.5 Å². The molecule has 1 saturated carbocycles. The van der Waals surface area contributed by atoms with Crippen LogP contribution in [-0.2, 0) is 32.7 Å². The number of phosphoric acid groups is 1. The van der Waals surface area contributed by atoms with Crippen molar-refractivity contribution < 1.29 is 63.1 Å². The summed E-state index contributed by atoms with van der Waals surface area (Å²) >= 11 is 0. The van der Waals surface area contributed by atoms with Gasteiger partial charge in [0.1, 0.15) is 43.2 Å². The first-order valence-corrected chi connectivity index (χ1v) is 22.3. The Hall–Kier alpha value is -1.93. The van der Waals surface area contributed by atoms with Crippen LogP contribution in [0.15, 0.2) is 36.5 Å². The molecule has 13 nitrogen and oxygen atoms in total. The number of allylic oxidation sites excluding steroid dienone is 6. The van der Waals surface area contributed by atoms with Crippen molar-refractivity contribution in [2.24, 2.45) is 0 Å². The van der Waals surface area contributed by atoms with E-state index in [1.54, 1.807) is 0 Å². The average molecular weight is 805 g/mol. The Morgan fingerprint density at radius 1 is 0.564 bits per heavy atom. The van der Waals surface area contributed by atoms with E-state index in [0.29, 0.717) is 12.8 Å². The summed E-state index contributed by atoms with van der Waals surface area (Å²) in [6.45, 7) is 3.18. The van der Waals surface area contributed by atoms with Gasteiger partial charge in [-0.3, -0.25) is 18.6 Å². The van der Waals surface area contributed by atoms with Crippen LogP contribution in [0.4, 0.5) is 0 Å². The third-order valence-electron chi connectivity index (χ3n) is 9.45. The van der Waals surface area contributed by atoms with Crippen molar-refractivity contribution in [1.82, 2.24) is 0 Å². The number of aliphatic hydroxyl groups excluding tert-OH is 5. The fourth-order valence-corrected chi connectivity index (χ4v) is 6.97. The van der Waals surface area contributed by atoms with Crippen molar-refractivity contribution in [2.45, 2.75) is 198 Å². The second-order valence-electron chi connectivity index (χ2n) is 14.5. The molecule has 1 aliphatic carbocycles. The van der Waals surface area contributed by atoms with Gasteiger partial charge in [-0.2, -0.15) is 0 Å². The van der Waals surface area contributed by atoms with Crippen LogP contribution in [0.3, 0.4) is 0 Å². The number of esters is 2. The number of rotatable bonds is 33. The molecule has 1 rings (SSSR count). The Labute approximate surface area is 329 Å². The normalized spacial score (nSPS) is 23.4. The molecule has 0 aromatic rings. The number of carbonyl (C=O) groups is 2. The quantitative estimate of drug-likeness (QED) is 0.0170. The smallest absolute Gasteiger partial charge is 0.462 e. The third-order valence-corrected chi connectivity index (χ3v) is 10.4. The highest BCUT2D eigenvalue weighted by Crippen LogP contribution is 2.47. The van der Waals surface area contributed by atoms with Crippen molar-refractivity contribution >= 4 is 19.8 Å². The molecule has 320 valence electrons. The maximum absolute atomic E-state index is 12.8. The van der Waals surface area contributed by atoms with Gasteiger partial charge in [-0.15, -0.1) is 0 Å². The van der Waals surface area contributed by atoms with E-state index in [1.807, 2.05) is 0 Å². The van der Waals surface area contributed by atoms with Gasteiger partial charge in [-0.05, 0) is 64.2 Å². The Morgan fingerprint density at radius 3 is 1.58 bits per heavy atom. The summed E-state index contributed by atoms with van der Waals surface area (Å²) in [5, 5.41) is 50.0. The molecule has 14 heteroatoms. The second kappa shape index (κ2) is 32.1. The third kappa shape index (κ3) is 25.1. The number of hydrogen-bond acceptors (Lipinski definition) is 12. The van der Waals surface area contributed by atoms with Gasteiger partial charge in [-0.25, -0.2) is 4.57 Å². The fraction of sp³-hybridized carbons (Fsp3) is 0.805. The van der Waals surface area contributed by atoms with Crippen LogP contribution in [0.2, 0.25) is 0 Å². The van der Waals surface area contributed by atoms with Gasteiger partial charge in [-0.1, -0.05) is 115 Å². The zero-order valence-corrected chi connectivity index (χ0v) is 34.4. The number of carbonyl (C=O) groups excluding carboxylic acids is 2. The van der Waals surface area contributed by atoms with Crippen LogP contribution in [0.1, 0.15) is 155 Å². The first-order valence-electron chi connectivity index (χ1n) is 20.8. The molecule has 1 aliphatic rings. The lowest BCUT2D eigenvalue weighted by Crippen LogP contribution is -2.64. The standard InChI is InChI=1S/C41H73O13P/c1-3-5-7-9-11-13-15-16-17-18-20-21-23-25-27-29-34(42)51-31-33(53-35(43)30-28-26-24-22-19-14-12-10-8-6-4-2)32-52-55(49,50)54-41-39(47)37(45)36(44)38(46)40(41)48/h10,12,16-17,20-21,33,36-41,44-48H,3-9,11,13-15,18-19,22-32H2,1-2H3,(H,49,50)/b12-10+,17-16+,21-20+/t33-,36?,37-,38?,39?,40?,41?/m1/s1. The number of phosphoric ester groups is 1. The Kier molecular flexibility index (Phi) is 29.8. The van der Waals surface area contributed by atoms with E-state index < -0.39 is 75.7 Å². The van der Waals surface area contributed by atoms with Gasteiger partial charge in [0.25, 0.3) is 0 Å². The number of ether oxygens (including phenoxy) is 2. The van der Waals surface area contributed by atoms with Gasteiger partial charge >= 0.3 is 19.8 Å². The molecule has 8 atom stereocenters. The summed E-state index contributed by atoms with van der Waals surface area (Å²) in [6.07, 6.45) is 20.8. The minimum Gasteiger partial charge on any atom is -0.462 e. The van der Waals surface area contributed by atoms with Gasteiger partial charge in [0.05, 0.1) is 6.61 Å². The number of aliphatic hydroxyl groups is 5. The predicted molar refractivity (Wildman–Crippen MR) is 212 cm³/mol. The molecular weight excluding hydrogens is 731 g/mol. The molecule has 0 aromatic heterocycles. The minimum atomic E-state index is -5.12. The summed E-state index contributed by atoms with van der Waals surface area (Å²) in [6, 6.07) is 0. The van der Waals surface area contributed by atoms with Crippen molar-refractivity contribution in [2.75, 3.05) is 13.2 Å². The maximum Gasteiger partial charge on any atom is 0.472 e. The van der Waals surface area contributed by atoms with E-state index in [1.165, 1.54) is 51.4 Å². The highest BCUT2D eigenvalue weighted by atomic mass is 31.2. The first-order chi connectivity index (χ1) is 26.4. The van der Waals surface area contributed by atoms with Crippen LogP contribution < -0.4 is 0 Å². The zero-order chi connectivity index (χ0) is 40.7. The molecule has 6 N–H and O–H groups in total. The number of hydrogen-bond donors (Lipinski definition) is 6. The van der Waals surface area contributed by atoms with Crippen LogP contribution >= 0.6 is 7.82 Å².